The molecule has 0 aliphatic carbocycles. The first-order chi connectivity index (χ1) is 7.00. The van der Waals surface area contributed by atoms with Gasteiger partial charge < -0.3 is 15.5 Å². The van der Waals surface area contributed by atoms with Crippen molar-refractivity contribution in [1.29, 1.82) is 0 Å². The van der Waals surface area contributed by atoms with Crippen molar-refractivity contribution in [3.8, 4) is 5.75 Å². The fraction of sp³-hybridized carbons (Fsp3) is 0. The zero-order chi connectivity index (χ0) is 11.4. The molecule has 5 N–H and O–H groups in total. The van der Waals surface area contributed by atoms with Crippen LogP contribution in [-0.4, -0.2) is 15.5 Å². The topological polar surface area (TPSA) is 116 Å². The number of hydrogen-bond acceptors (Lipinski definition) is 5. The summed E-state index contributed by atoms with van der Waals surface area (Å²) in [5.41, 5.74) is 0.134. The van der Waals surface area contributed by atoms with Crippen molar-refractivity contribution in [1.82, 2.24) is 0 Å². The number of hydrogen-bond donors (Lipinski definition) is 5. The standard InChI is InChI=1S/C8H10N2O5/c11-8-2-1-6(3-4-9(12)13)5-7(8)10(14)15/h1-5,9-12,14H. The van der Waals surface area contributed by atoms with Crippen LogP contribution >= 0.6 is 0 Å². The molecule has 0 saturated carbocycles. The Kier molecular flexibility index (Phi) is 3.74. The van der Waals surface area contributed by atoms with Gasteiger partial charge in [0.15, 0.2) is 5.75 Å². The van der Waals surface area contributed by atoms with Crippen molar-refractivity contribution < 1.29 is 26.0 Å². The lowest BCUT2D eigenvalue weighted by molar-refractivity contribution is -1.00. The van der Waals surface area contributed by atoms with E-state index in [0.717, 1.165) is 6.20 Å². The molecule has 2 atom stereocenters. The maximum Gasteiger partial charge on any atom is 0.206 e. The van der Waals surface area contributed by atoms with Crippen LogP contribution in [0.5, 0.6) is 5.75 Å². The first-order valence-corrected chi connectivity index (χ1v) is 3.98. The number of quaternary nitrogens is 2. The molecular weight excluding hydrogens is 204 g/mol. The summed E-state index contributed by atoms with van der Waals surface area (Å²) in [6.07, 6.45) is 2.13. The molecule has 1 aromatic rings. The molecule has 0 heterocycles. The minimum absolute atomic E-state index is 0.262. The third-order valence-electron chi connectivity index (χ3n) is 1.67. The Hall–Kier alpha value is -1.48. The van der Waals surface area contributed by atoms with Crippen LogP contribution < -0.4 is 10.5 Å². The first kappa shape index (κ1) is 11.6. The average Bonchev–Trinajstić information content (AvgIpc) is 2.16. The Morgan fingerprint density at radius 2 is 1.87 bits per heavy atom. The van der Waals surface area contributed by atoms with Gasteiger partial charge >= 0.3 is 0 Å². The summed E-state index contributed by atoms with van der Waals surface area (Å²) >= 11 is 0. The largest absolute Gasteiger partial charge is 0.595 e. The zero-order valence-electron chi connectivity index (χ0n) is 7.54. The van der Waals surface area contributed by atoms with Crippen LogP contribution in [0.2, 0.25) is 0 Å². The monoisotopic (exact) mass is 214 g/mol. The average molecular weight is 214 g/mol. The highest BCUT2D eigenvalue weighted by Gasteiger charge is 2.07. The van der Waals surface area contributed by atoms with Crippen molar-refractivity contribution in [3.05, 3.63) is 40.4 Å². The Balaban J connectivity index is 2.97. The molecule has 7 heteroatoms. The SMILES string of the molecule is [O-][NH+](O)C=Cc1ccc(O)c([NH+]([O-])O)c1. The number of phenolic OH excluding ortho intramolecular Hbond substituents is 1. The molecule has 7 nitrogen and oxygen atoms in total. The van der Waals surface area contributed by atoms with Gasteiger partial charge in [0.2, 0.25) is 5.69 Å². The summed E-state index contributed by atoms with van der Waals surface area (Å²) in [6, 6.07) is 3.81. The van der Waals surface area contributed by atoms with E-state index in [-0.39, 0.29) is 11.4 Å². The van der Waals surface area contributed by atoms with Crippen LogP contribution in [-0.2, 0) is 0 Å². The highest BCUT2D eigenvalue weighted by Crippen LogP contribution is 2.20. The molecule has 1 aromatic carbocycles. The smallest absolute Gasteiger partial charge is 0.206 e. The van der Waals surface area contributed by atoms with E-state index in [9.17, 15) is 10.4 Å². The fourth-order valence-electron chi connectivity index (χ4n) is 0.996. The summed E-state index contributed by atoms with van der Waals surface area (Å²) in [5, 5.41) is 44.6. The molecule has 0 amide bonds. The molecule has 0 fully saturated rings. The molecule has 0 aliphatic rings. The Morgan fingerprint density at radius 1 is 1.20 bits per heavy atom. The highest BCUT2D eigenvalue weighted by atomic mass is 16.8. The fourth-order valence-corrected chi connectivity index (χ4v) is 0.996. The van der Waals surface area contributed by atoms with Crippen molar-refractivity contribution in [2.75, 3.05) is 0 Å². The van der Waals surface area contributed by atoms with Gasteiger partial charge in [-0.15, -0.1) is 0 Å². The van der Waals surface area contributed by atoms with E-state index in [2.05, 4.69) is 0 Å². The molecule has 82 valence electrons. The quantitative estimate of drug-likeness (QED) is 0.311. The van der Waals surface area contributed by atoms with E-state index < -0.39 is 10.5 Å². The molecule has 0 spiro atoms. The maximum absolute atomic E-state index is 10.6. The number of hydroxylamine groups is 2. The van der Waals surface area contributed by atoms with Crippen LogP contribution in [0.1, 0.15) is 5.56 Å². The second kappa shape index (κ2) is 4.84. The molecule has 0 aromatic heterocycles. The van der Waals surface area contributed by atoms with E-state index in [0.29, 0.717) is 5.56 Å². The lowest BCUT2D eigenvalue weighted by atomic mass is 10.2. The summed E-state index contributed by atoms with van der Waals surface area (Å²) < 4.78 is 0. The second-order valence-corrected chi connectivity index (χ2v) is 2.75. The van der Waals surface area contributed by atoms with E-state index in [1.807, 2.05) is 0 Å². The van der Waals surface area contributed by atoms with Crippen LogP contribution in [0.3, 0.4) is 0 Å². The normalized spacial score (nSPS) is 15.5. The van der Waals surface area contributed by atoms with Gasteiger partial charge in [0, 0.05) is 12.1 Å². The van der Waals surface area contributed by atoms with E-state index in [4.69, 9.17) is 15.5 Å². The summed E-state index contributed by atoms with van der Waals surface area (Å²) in [5.74, 6) is -0.352. The van der Waals surface area contributed by atoms with Crippen LogP contribution in [0, 0.1) is 10.4 Å². The molecule has 0 radical (unpaired) electrons. The van der Waals surface area contributed by atoms with Gasteiger partial charge in [0.1, 0.15) is 6.20 Å². The van der Waals surface area contributed by atoms with Gasteiger partial charge in [-0.05, 0) is 11.6 Å². The third-order valence-corrected chi connectivity index (χ3v) is 1.67. The predicted molar refractivity (Wildman–Crippen MR) is 49.0 cm³/mol. The van der Waals surface area contributed by atoms with Gasteiger partial charge in [-0.1, -0.05) is 6.07 Å². The Morgan fingerprint density at radius 3 is 2.40 bits per heavy atom. The molecule has 2 unspecified atom stereocenters. The Labute approximate surface area is 84.8 Å². The van der Waals surface area contributed by atoms with Crippen molar-refractivity contribution in [3.63, 3.8) is 0 Å². The van der Waals surface area contributed by atoms with Crippen LogP contribution in [0.4, 0.5) is 5.69 Å². The summed E-state index contributed by atoms with van der Waals surface area (Å²) in [6.45, 7) is 0. The van der Waals surface area contributed by atoms with Gasteiger partial charge in [-0.2, -0.15) is 5.23 Å². The van der Waals surface area contributed by atoms with Crippen molar-refractivity contribution in [2.45, 2.75) is 0 Å². The number of nitrogens with one attached hydrogen (secondary N) is 2. The number of phenols is 1. The number of rotatable bonds is 3. The summed E-state index contributed by atoms with van der Waals surface area (Å²) in [7, 11) is 0. The van der Waals surface area contributed by atoms with Crippen LogP contribution in [0.15, 0.2) is 24.4 Å². The molecule has 1 rings (SSSR count). The minimum atomic E-state index is -1.27. The third kappa shape index (κ3) is 3.29. The van der Waals surface area contributed by atoms with Crippen molar-refractivity contribution in [2.24, 2.45) is 0 Å². The highest BCUT2D eigenvalue weighted by molar-refractivity contribution is 5.57. The van der Waals surface area contributed by atoms with Gasteiger partial charge in [0.05, 0.1) is 0 Å². The maximum atomic E-state index is 10.6. The summed E-state index contributed by atoms with van der Waals surface area (Å²) in [4.78, 5) is 0. The second-order valence-electron chi connectivity index (χ2n) is 2.75. The van der Waals surface area contributed by atoms with Gasteiger partial charge in [-0.3, -0.25) is 0 Å². The van der Waals surface area contributed by atoms with E-state index in [1.165, 1.54) is 24.3 Å². The van der Waals surface area contributed by atoms with Gasteiger partial charge in [-0.25, -0.2) is 15.6 Å². The van der Waals surface area contributed by atoms with E-state index >= 15 is 0 Å². The van der Waals surface area contributed by atoms with Crippen LogP contribution in [0.25, 0.3) is 6.08 Å². The number of benzene rings is 1. The minimum Gasteiger partial charge on any atom is -0.595 e. The van der Waals surface area contributed by atoms with E-state index in [1.54, 1.807) is 0 Å². The molecular formula is C8H10N2O5. The number of aromatic hydroxyl groups is 1. The lowest BCUT2D eigenvalue weighted by Crippen LogP contribution is -2.99. The van der Waals surface area contributed by atoms with Crippen molar-refractivity contribution >= 4 is 11.8 Å². The predicted octanol–water partition coefficient (Wildman–Crippen LogP) is -1.46. The molecule has 0 aliphatic heterocycles. The molecule has 0 saturated heterocycles. The molecule has 0 bridgehead atoms. The Bertz CT molecular complexity index is 364. The zero-order valence-corrected chi connectivity index (χ0v) is 7.54. The molecule has 15 heavy (non-hydrogen) atoms. The van der Waals surface area contributed by atoms with Gasteiger partial charge in [0.25, 0.3) is 0 Å². The lowest BCUT2D eigenvalue weighted by Gasteiger charge is -2.13. The first-order valence-electron chi connectivity index (χ1n) is 3.98.